The molecule has 0 fully saturated rings. The summed E-state index contributed by atoms with van der Waals surface area (Å²) in [7, 11) is -0.291. The Labute approximate surface area is 133 Å². The number of fused-ring (bicyclic) bond motifs is 2. The minimum atomic E-state index is -3.92. The van der Waals surface area contributed by atoms with Crippen LogP contribution in [0.1, 0.15) is 37.9 Å². The van der Waals surface area contributed by atoms with Crippen LogP contribution in [0.15, 0.2) is 24.3 Å². The molecule has 1 heterocycles. The number of carbonyl (C=O) groups is 2. The quantitative estimate of drug-likeness (QED) is 0.428. The molecule has 1 aliphatic carbocycles. The summed E-state index contributed by atoms with van der Waals surface area (Å²) in [5, 5.41) is 0. The van der Waals surface area contributed by atoms with Gasteiger partial charge in [-0.05, 0) is 0 Å². The van der Waals surface area contributed by atoms with E-state index in [2.05, 4.69) is 0 Å². The van der Waals surface area contributed by atoms with Gasteiger partial charge in [0.2, 0.25) is 23.0 Å². The number of nitrogens with zero attached hydrogens (tertiary/aromatic N) is 2. The maximum absolute atomic E-state index is 12.5. The first-order valence-corrected chi connectivity index (χ1v) is 8.50. The van der Waals surface area contributed by atoms with E-state index in [9.17, 15) is 9.59 Å². The first-order chi connectivity index (χ1) is 10.5. The lowest BCUT2D eigenvalue weighted by Gasteiger charge is -2.11. The fourth-order valence-electron chi connectivity index (χ4n) is 2.52. The number of ketones is 2. The van der Waals surface area contributed by atoms with Crippen molar-refractivity contribution in [3.63, 3.8) is 0 Å². The lowest BCUT2D eigenvalue weighted by molar-refractivity contribution is -0.679. The normalized spacial score (nSPS) is 13.1. The zero-order valence-corrected chi connectivity index (χ0v) is 14.0. The van der Waals surface area contributed by atoms with Crippen molar-refractivity contribution in [2.75, 3.05) is 6.26 Å². The van der Waals surface area contributed by atoms with Gasteiger partial charge in [-0.25, -0.2) is 17.6 Å². The monoisotopic (exact) mass is 336 g/mol. The van der Waals surface area contributed by atoms with E-state index < -0.39 is 10.1 Å². The van der Waals surface area contributed by atoms with E-state index in [0.717, 1.165) is 5.82 Å². The van der Waals surface area contributed by atoms with Crippen LogP contribution in [0, 0.1) is 6.92 Å². The van der Waals surface area contributed by atoms with Gasteiger partial charge in [0.05, 0.1) is 24.2 Å². The molecule has 0 aliphatic heterocycles. The number of carbonyl (C=O) groups excluding carboxylic acids is 2. The number of hydrogen-bond acceptors (Lipinski definition) is 5. The molecule has 0 atom stereocenters. The standard InChI is InChI=1S/C14H13N2O2.CH4O3S/c1-8-15(2)11-12(16(8)3)14(18)10-7-5-4-6-9(10)13(11)17;1-5(2,3)4/h4-7H,1-3H3;1H3,(H,2,3,4)/q+1;/p-1. The summed E-state index contributed by atoms with van der Waals surface area (Å²) in [4.78, 5) is 24.9. The molecule has 7 nitrogen and oxygen atoms in total. The number of aromatic nitrogens is 2. The van der Waals surface area contributed by atoms with Crippen LogP contribution >= 0.6 is 0 Å². The van der Waals surface area contributed by atoms with Gasteiger partial charge in [0.15, 0.2) is 0 Å². The Bertz CT molecular complexity index is 859. The van der Waals surface area contributed by atoms with Crippen LogP contribution in [0.5, 0.6) is 0 Å². The van der Waals surface area contributed by atoms with Gasteiger partial charge in [-0.3, -0.25) is 9.59 Å². The molecule has 0 spiro atoms. The fourth-order valence-corrected chi connectivity index (χ4v) is 2.52. The molecule has 23 heavy (non-hydrogen) atoms. The Morgan fingerprint density at radius 3 is 2.00 bits per heavy atom. The summed E-state index contributed by atoms with van der Waals surface area (Å²) in [6, 6.07) is 6.98. The van der Waals surface area contributed by atoms with E-state index in [4.69, 9.17) is 13.0 Å². The van der Waals surface area contributed by atoms with Crippen molar-refractivity contribution in [1.82, 2.24) is 4.57 Å². The van der Waals surface area contributed by atoms with Gasteiger partial charge in [0.25, 0.3) is 5.82 Å². The van der Waals surface area contributed by atoms with Crippen molar-refractivity contribution in [2.24, 2.45) is 14.1 Å². The smallest absolute Gasteiger partial charge is 0.253 e. The van der Waals surface area contributed by atoms with Gasteiger partial charge in [-0.2, -0.15) is 0 Å². The number of rotatable bonds is 0. The third-order valence-corrected chi connectivity index (χ3v) is 3.71. The number of hydrogen-bond donors (Lipinski definition) is 0. The third kappa shape index (κ3) is 3.08. The summed E-state index contributed by atoms with van der Waals surface area (Å²) in [5.74, 6) is 0.729. The Balaban J connectivity index is 0.000000338. The minimum absolute atomic E-state index is 0.0774. The minimum Gasteiger partial charge on any atom is -0.748 e. The van der Waals surface area contributed by atoms with Crippen LogP contribution in [-0.2, 0) is 24.2 Å². The molecule has 0 N–H and O–H groups in total. The molecule has 0 saturated heterocycles. The van der Waals surface area contributed by atoms with Crippen LogP contribution in [-0.4, -0.2) is 35.4 Å². The molecule has 1 aromatic heterocycles. The summed E-state index contributed by atoms with van der Waals surface area (Å²) in [5.41, 5.74) is 1.96. The van der Waals surface area contributed by atoms with Gasteiger partial charge < -0.3 is 4.55 Å². The second kappa shape index (κ2) is 5.71. The molecule has 3 rings (SSSR count). The van der Waals surface area contributed by atoms with Crippen LogP contribution in [0.2, 0.25) is 0 Å². The zero-order chi connectivity index (χ0) is 17.5. The van der Waals surface area contributed by atoms with Gasteiger partial charge in [0, 0.05) is 24.3 Å². The summed E-state index contributed by atoms with van der Waals surface area (Å²) in [6.45, 7) is 1.89. The lowest BCUT2D eigenvalue weighted by atomic mass is 9.90. The van der Waals surface area contributed by atoms with E-state index in [1.54, 1.807) is 33.4 Å². The summed E-state index contributed by atoms with van der Waals surface area (Å²) < 4.78 is 30.8. The molecular formula is C15H16N2O5S. The Morgan fingerprint density at radius 2 is 1.52 bits per heavy atom. The molecular weight excluding hydrogens is 320 g/mol. The zero-order valence-electron chi connectivity index (χ0n) is 13.2. The van der Waals surface area contributed by atoms with E-state index in [1.807, 2.05) is 21.0 Å². The van der Waals surface area contributed by atoms with E-state index in [1.165, 1.54) is 0 Å². The Hall–Kier alpha value is -2.32. The molecule has 0 bridgehead atoms. The van der Waals surface area contributed by atoms with Crippen LogP contribution < -0.4 is 4.57 Å². The average Bonchev–Trinajstić information content (AvgIpc) is 2.68. The number of imidazole rings is 1. The largest absolute Gasteiger partial charge is 0.748 e. The summed E-state index contributed by atoms with van der Waals surface area (Å²) >= 11 is 0. The topological polar surface area (TPSA) is 100 Å². The molecule has 122 valence electrons. The fraction of sp³-hybridized carbons (Fsp3) is 0.267. The molecule has 1 aromatic carbocycles. The van der Waals surface area contributed by atoms with Gasteiger partial charge >= 0.3 is 0 Å². The van der Waals surface area contributed by atoms with Crippen LogP contribution in [0.25, 0.3) is 0 Å². The van der Waals surface area contributed by atoms with Crippen LogP contribution in [0.3, 0.4) is 0 Å². The van der Waals surface area contributed by atoms with E-state index >= 15 is 0 Å². The molecule has 8 heteroatoms. The van der Waals surface area contributed by atoms with Crippen molar-refractivity contribution in [3.8, 4) is 0 Å². The van der Waals surface area contributed by atoms with Gasteiger partial charge in [0.1, 0.15) is 0 Å². The second-order valence-electron chi connectivity index (χ2n) is 5.27. The van der Waals surface area contributed by atoms with Crippen LogP contribution in [0.4, 0.5) is 0 Å². The maximum Gasteiger partial charge on any atom is 0.253 e. The third-order valence-electron chi connectivity index (χ3n) is 3.71. The first kappa shape index (κ1) is 17.0. The van der Waals surface area contributed by atoms with Crippen molar-refractivity contribution in [1.29, 1.82) is 0 Å². The second-order valence-corrected chi connectivity index (χ2v) is 6.68. The molecule has 0 unspecified atom stereocenters. The molecule has 0 amide bonds. The van der Waals surface area contributed by atoms with Crippen molar-refractivity contribution >= 4 is 21.7 Å². The Kier molecular flexibility index (Phi) is 4.23. The maximum atomic E-state index is 12.5. The predicted molar refractivity (Wildman–Crippen MR) is 80.3 cm³/mol. The van der Waals surface area contributed by atoms with Gasteiger partial charge in [-0.1, -0.05) is 24.3 Å². The van der Waals surface area contributed by atoms with Crippen molar-refractivity contribution in [3.05, 3.63) is 52.6 Å². The van der Waals surface area contributed by atoms with Gasteiger partial charge in [-0.15, -0.1) is 0 Å². The number of benzene rings is 1. The highest BCUT2D eigenvalue weighted by atomic mass is 32.2. The molecule has 1 aliphatic rings. The lowest BCUT2D eigenvalue weighted by Crippen LogP contribution is -2.39. The SMILES string of the molecule is CS(=O)(=O)[O-].Cc1n(C)c2c([n+]1C)C(=O)c1ccccc1C2=O. The van der Waals surface area contributed by atoms with E-state index in [-0.39, 0.29) is 11.6 Å². The van der Waals surface area contributed by atoms with E-state index in [0.29, 0.717) is 28.8 Å². The molecule has 0 saturated carbocycles. The molecule has 2 aromatic rings. The summed E-state index contributed by atoms with van der Waals surface area (Å²) in [6.07, 6.45) is 0.604. The predicted octanol–water partition coefficient (Wildman–Crippen LogP) is 0.0948. The molecule has 0 radical (unpaired) electrons. The average molecular weight is 336 g/mol. The van der Waals surface area contributed by atoms with Crippen molar-refractivity contribution in [2.45, 2.75) is 6.92 Å². The highest BCUT2D eigenvalue weighted by molar-refractivity contribution is 7.84. The first-order valence-electron chi connectivity index (χ1n) is 6.68. The highest BCUT2D eigenvalue weighted by Gasteiger charge is 2.40. The van der Waals surface area contributed by atoms with Crippen molar-refractivity contribution < 1.29 is 27.1 Å². The Morgan fingerprint density at radius 1 is 1.09 bits per heavy atom. The highest BCUT2D eigenvalue weighted by Crippen LogP contribution is 2.25.